The zero-order chi connectivity index (χ0) is 14.7. The first-order valence-electron chi connectivity index (χ1n) is 6.89. The Morgan fingerprint density at radius 3 is 2.86 bits per heavy atom. The van der Waals surface area contributed by atoms with Gasteiger partial charge < -0.3 is 9.47 Å². The van der Waals surface area contributed by atoms with Gasteiger partial charge in [0.1, 0.15) is 0 Å². The van der Waals surface area contributed by atoms with E-state index in [9.17, 15) is 0 Å². The van der Waals surface area contributed by atoms with E-state index in [1.807, 2.05) is 30.0 Å². The molecule has 0 N–H and O–H groups in total. The van der Waals surface area contributed by atoms with Crippen molar-refractivity contribution in [2.24, 2.45) is 0 Å². The molecule has 110 valence electrons. The van der Waals surface area contributed by atoms with Crippen molar-refractivity contribution in [2.75, 3.05) is 19.5 Å². The molecule has 1 atom stereocenters. The fourth-order valence-corrected chi connectivity index (χ4v) is 4.06. The van der Waals surface area contributed by atoms with Gasteiger partial charge in [-0.25, -0.2) is 0 Å². The van der Waals surface area contributed by atoms with Gasteiger partial charge >= 0.3 is 0 Å². The molecule has 0 amide bonds. The van der Waals surface area contributed by atoms with E-state index in [1.54, 1.807) is 7.11 Å². The Hall–Kier alpha value is -1.13. The Bertz CT molecular complexity index is 630. The molecule has 0 saturated carbocycles. The van der Waals surface area contributed by atoms with Crippen molar-refractivity contribution in [2.45, 2.75) is 16.1 Å². The van der Waals surface area contributed by atoms with E-state index in [2.05, 4.69) is 40.2 Å². The second kappa shape index (κ2) is 6.75. The third kappa shape index (κ3) is 3.22. The van der Waals surface area contributed by atoms with E-state index < -0.39 is 0 Å². The van der Waals surface area contributed by atoms with Crippen molar-refractivity contribution in [3.8, 4) is 11.5 Å². The van der Waals surface area contributed by atoms with Gasteiger partial charge in [0.25, 0.3) is 0 Å². The summed E-state index contributed by atoms with van der Waals surface area (Å²) >= 11 is 5.39. The van der Waals surface area contributed by atoms with E-state index in [0.29, 0.717) is 12.5 Å². The van der Waals surface area contributed by atoms with Gasteiger partial charge in [0, 0.05) is 21.9 Å². The number of hydrogen-bond acceptors (Lipinski definition) is 3. The summed E-state index contributed by atoms with van der Waals surface area (Å²) in [5, 5.41) is 0.815. The van der Waals surface area contributed by atoms with Crippen molar-refractivity contribution in [3.63, 3.8) is 0 Å². The third-order valence-electron chi connectivity index (χ3n) is 3.62. The number of fused-ring (bicyclic) bond motifs is 1. The highest BCUT2D eigenvalue weighted by atomic mass is 79.9. The minimum absolute atomic E-state index is 0.448. The predicted octanol–water partition coefficient (Wildman–Crippen LogP) is 4.86. The number of methoxy groups -OCH3 is 1. The molecule has 21 heavy (non-hydrogen) atoms. The molecular formula is C17H17BrO2S. The molecule has 0 radical (unpaired) electrons. The average molecular weight is 365 g/mol. The standard InChI is InChI=1S/C17H17BrO2S/c1-19-15-7-6-12(9-18)8-16(15)20-10-13-11-21-17-5-3-2-4-14(13)17/h2-8,13H,9-11H2,1H3. The lowest BCUT2D eigenvalue weighted by Crippen LogP contribution is -2.10. The summed E-state index contributed by atoms with van der Waals surface area (Å²) in [6.07, 6.45) is 0. The van der Waals surface area contributed by atoms with E-state index in [1.165, 1.54) is 16.0 Å². The maximum atomic E-state index is 6.05. The molecule has 1 aliphatic rings. The minimum atomic E-state index is 0.448. The molecule has 1 unspecified atom stereocenters. The lowest BCUT2D eigenvalue weighted by molar-refractivity contribution is 0.279. The number of alkyl halides is 1. The second-order valence-electron chi connectivity index (χ2n) is 4.98. The van der Waals surface area contributed by atoms with Crippen molar-refractivity contribution < 1.29 is 9.47 Å². The van der Waals surface area contributed by atoms with Crippen LogP contribution in [0.2, 0.25) is 0 Å². The molecule has 2 aromatic carbocycles. The van der Waals surface area contributed by atoms with Crippen LogP contribution in [0.25, 0.3) is 0 Å². The second-order valence-corrected chi connectivity index (χ2v) is 6.60. The Morgan fingerprint density at radius 2 is 2.05 bits per heavy atom. The Kier molecular flexibility index (Phi) is 4.76. The molecular weight excluding hydrogens is 348 g/mol. The number of halogens is 1. The summed E-state index contributed by atoms with van der Waals surface area (Å²) in [4.78, 5) is 1.38. The lowest BCUT2D eigenvalue weighted by Gasteiger charge is -2.15. The van der Waals surface area contributed by atoms with Gasteiger partial charge in [-0.15, -0.1) is 11.8 Å². The molecule has 3 rings (SSSR count). The molecule has 0 spiro atoms. The van der Waals surface area contributed by atoms with E-state index in [-0.39, 0.29) is 0 Å². The summed E-state index contributed by atoms with van der Waals surface area (Å²) in [7, 11) is 1.68. The summed E-state index contributed by atoms with van der Waals surface area (Å²) < 4.78 is 11.4. The fourth-order valence-electron chi connectivity index (χ4n) is 2.47. The van der Waals surface area contributed by atoms with Crippen LogP contribution in [0, 0.1) is 0 Å². The SMILES string of the molecule is COc1ccc(CBr)cc1OCC1CSc2ccccc21. The van der Waals surface area contributed by atoms with Gasteiger partial charge in [-0.2, -0.15) is 0 Å². The summed E-state index contributed by atoms with van der Waals surface area (Å²) in [5.74, 6) is 3.14. The van der Waals surface area contributed by atoms with E-state index in [0.717, 1.165) is 22.6 Å². The minimum Gasteiger partial charge on any atom is -0.493 e. The quantitative estimate of drug-likeness (QED) is 0.705. The van der Waals surface area contributed by atoms with Crippen molar-refractivity contribution in [1.82, 2.24) is 0 Å². The topological polar surface area (TPSA) is 18.5 Å². The zero-order valence-corrected chi connectivity index (χ0v) is 14.2. The van der Waals surface area contributed by atoms with Crippen LogP contribution < -0.4 is 9.47 Å². The molecule has 0 aliphatic carbocycles. The van der Waals surface area contributed by atoms with Gasteiger partial charge in [-0.1, -0.05) is 40.2 Å². The van der Waals surface area contributed by atoms with Crippen molar-refractivity contribution in [3.05, 3.63) is 53.6 Å². The van der Waals surface area contributed by atoms with Crippen LogP contribution in [0.1, 0.15) is 17.0 Å². The van der Waals surface area contributed by atoms with Crippen LogP contribution >= 0.6 is 27.7 Å². The molecule has 2 aromatic rings. The van der Waals surface area contributed by atoms with Crippen molar-refractivity contribution >= 4 is 27.7 Å². The monoisotopic (exact) mass is 364 g/mol. The molecule has 1 heterocycles. The Labute approximate surface area is 138 Å². The highest BCUT2D eigenvalue weighted by Crippen LogP contribution is 2.40. The number of hydrogen-bond donors (Lipinski definition) is 0. The molecule has 4 heteroatoms. The van der Waals surface area contributed by atoms with Gasteiger partial charge in [-0.3, -0.25) is 0 Å². The number of ether oxygens (including phenoxy) is 2. The first-order valence-corrected chi connectivity index (χ1v) is 9.00. The van der Waals surface area contributed by atoms with Crippen LogP contribution in [-0.4, -0.2) is 19.5 Å². The maximum Gasteiger partial charge on any atom is 0.161 e. The molecule has 0 saturated heterocycles. The van der Waals surface area contributed by atoms with Crippen LogP contribution in [0.4, 0.5) is 0 Å². The molecule has 2 nitrogen and oxygen atoms in total. The van der Waals surface area contributed by atoms with Gasteiger partial charge in [0.2, 0.25) is 0 Å². The average Bonchev–Trinajstić information content (AvgIpc) is 2.96. The highest BCUT2D eigenvalue weighted by molar-refractivity contribution is 9.08. The van der Waals surface area contributed by atoms with Crippen LogP contribution in [-0.2, 0) is 5.33 Å². The van der Waals surface area contributed by atoms with Crippen LogP contribution in [0.15, 0.2) is 47.4 Å². The van der Waals surface area contributed by atoms with Gasteiger partial charge in [-0.05, 0) is 29.3 Å². The first-order chi connectivity index (χ1) is 10.3. The molecule has 1 aliphatic heterocycles. The van der Waals surface area contributed by atoms with Crippen molar-refractivity contribution in [1.29, 1.82) is 0 Å². The largest absolute Gasteiger partial charge is 0.493 e. The molecule has 0 aromatic heterocycles. The van der Waals surface area contributed by atoms with E-state index in [4.69, 9.17) is 9.47 Å². The fraction of sp³-hybridized carbons (Fsp3) is 0.294. The highest BCUT2D eigenvalue weighted by Gasteiger charge is 2.23. The number of thioether (sulfide) groups is 1. The van der Waals surface area contributed by atoms with Crippen LogP contribution in [0.3, 0.4) is 0 Å². The lowest BCUT2D eigenvalue weighted by atomic mass is 10.0. The summed E-state index contributed by atoms with van der Waals surface area (Å²) in [6.45, 7) is 0.687. The number of rotatable bonds is 5. The number of benzene rings is 2. The summed E-state index contributed by atoms with van der Waals surface area (Å²) in [5.41, 5.74) is 2.59. The smallest absolute Gasteiger partial charge is 0.161 e. The van der Waals surface area contributed by atoms with Crippen LogP contribution in [0.5, 0.6) is 11.5 Å². The first kappa shape index (κ1) is 14.8. The predicted molar refractivity (Wildman–Crippen MR) is 91.0 cm³/mol. The van der Waals surface area contributed by atoms with E-state index >= 15 is 0 Å². The molecule has 0 bridgehead atoms. The Morgan fingerprint density at radius 1 is 1.19 bits per heavy atom. The van der Waals surface area contributed by atoms with Gasteiger partial charge in [0.15, 0.2) is 11.5 Å². The molecule has 0 fully saturated rings. The third-order valence-corrected chi connectivity index (χ3v) is 5.52. The normalized spacial score (nSPS) is 16.6. The zero-order valence-electron chi connectivity index (χ0n) is 11.8. The maximum absolute atomic E-state index is 6.05. The Balaban J connectivity index is 1.74. The summed E-state index contributed by atoms with van der Waals surface area (Å²) in [6, 6.07) is 14.6. The van der Waals surface area contributed by atoms with Gasteiger partial charge in [0.05, 0.1) is 13.7 Å².